The Morgan fingerprint density at radius 2 is 1.21 bits per heavy atom. The Morgan fingerprint density at radius 1 is 0.881 bits per heavy atom. The van der Waals surface area contributed by atoms with Crippen LogP contribution in [-0.4, -0.2) is 169 Å². The van der Waals surface area contributed by atoms with Gasteiger partial charge in [0, 0.05) is 46.1 Å². The van der Waals surface area contributed by atoms with Crippen LogP contribution in [0.15, 0.2) is 0 Å². The molecule has 4 unspecified atom stereocenters. The lowest BCUT2D eigenvalue weighted by Gasteiger charge is -2.17. The fourth-order valence-electron chi connectivity index (χ4n) is 2.09. The Morgan fingerprint density at radius 3 is 1.50 bits per heavy atom. The van der Waals surface area contributed by atoms with Crippen LogP contribution in [0.2, 0.25) is 12.1 Å². The number of nitrogens with zero attached hydrogens (tertiary/aromatic N) is 1. The van der Waals surface area contributed by atoms with E-state index >= 15 is 0 Å². The van der Waals surface area contributed by atoms with Crippen LogP contribution in [-0.2, 0) is 23.1 Å². The van der Waals surface area contributed by atoms with E-state index in [1.807, 2.05) is 46.4 Å². The number of epoxide rings is 1. The molecule has 0 aromatic carbocycles. The third kappa shape index (κ3) is 64.0. The van der Waals surface area contributed by atoms with E-state index in [1.54, 1.807) is 0 Å². The fourth-order valence-corrected chi connectivity index (χ4v) is 3.70. The molecule has 0 spiro atoms. The highest BCUT2D eigenvalue weighted by Gasteiger charge is 2.30. The highest BCUT2D eigenvalue weighted by Crippen LogP contribution is 2.10. The van der Waals surface area contributed by atoms with Gasteiger partial charge >= 0.3 is 17.6 Å². The van der Waals surface area contributed by atoms with E-state index in [2.05, 4.69) is 14.2 Å². The Hall–Kier alpha value is 0.944. The summed E-state index contributed by atoms with van der Waals surface area (Å²) in [5.74, 6) is 0. The zero-order valence-corrected chi connectivity index (χ0v) is 28.6. The molecule has 0 saturated carbocycles. The van der Waals surface area contributed by atoms with Gasteiger partial charge in [-0.2, -0.15) is 16.9 Å². The van der Waals surface area contributed by atoms with Crippen molar-refractivity contribution < 1.29 is 47.4 Å². The first-order chi connectivity index (χ1) is 17.8. The molecule has 1 rings (SSSR count). The summed E-state index contributed by atoms with van der Waals surface area (Å²) >= 11 is 0. The van der Waals surface area contributed by atoms with Gasteiger partial charge in [-0.3, -0.25) is 0 Å². The van der Waals surface area contributed by atoms with Crippen molar-refractivity contribution in [3.05, 3.63) is 0 Å². The van der Waals surface area contributed by atoms with Gasteiger partial charge in [0.05, 0.1) is 25.9 Å². The van der Waals surface area contributed by atoms with Crippen LogP contribution in [0.4, 0.5) is 0 Å². The Kier molecular flexibility index (Phi) is 64.9. The lowest BCUT2D eigenvalue weighted by Crippen LogP contribution is -2.37. The molecule has 0 amide bonds. The maximum atomic E-state index is 9.44. The number of ether oxygens (including phenoxy) is 3. The van der Waals surface area contributed by atoms with Crippen LogP contribution in [0.5, 0.6) is 0 Å². The summed E-state index contributed by atoms with van der Waals surface area (Å²) in [5, 5.41) is 12.2. The van der Waals surface area contributed by atoms with Gasteiger partial charge in [-0.1, -0.05) is 43.0 Å². The van der Waals surface area contributed by atoms with Gasteiger partial charge in [0.1, 0.15) is 21.2 Å². The van der Waals surface area contributed by atoms with Crippen molar-refractivity contribution in [3.63, 3.8) is 0 Å². The number of rotatable bonds is 16. The predicted molar refractivity (Wildman–Crippen MR) is 191 cm³/mol. The van der Waals surface area contributed by atoms with Gasteiger partial charge in [-0.05, 0) is 41.0 Å². The van der Waals surface area contributed by atoms with Gasteiger partial charge in [0.15, 0.2) is 0 Å². The number of aliphatic hydroxyl groups is 1. The van der Waals surface area contributed by atoms with E-state index in [9.17, 15) is 14.7 Å². The third-order valence-corrected chi connectivity index (χ3v) is 7.15. The van der Waals surface area contributed by atoms with Gasteiger partial charge in [0.25, 0.3) is 0 Å². The monoisotopic (exact) mass is 686 g/mol. The maximum Gasteiger partial charge on any atom is 0.495 e. The van der Waals surface area contributed by atoms with Crippen LogP contribution in [0.1, 0.15) is 42.5 Å². The molecule has 1 heterocycles. The molecule has 6 N–H and O–H groups in total. The molecular formula is C24H70B2N2O10P2Si2. The van der Waals surface area contributed by atoms with Crippen LogP contribution in [0, 0.1) is 0 Å². The molecule has 1 aliphatic rings. The van der Waals surface area contributed by atoms with Crippen molar-refractivity contribution in [1.82, 2.24) is 10.2 Å². The lowest BCUT2D eigenvalue weighted by molar-refractivity contribution is 0.0235. The van der Waals surface area contributed by atoms with E-state index in [4.69, 9.17) is 38.9 Å². The fraction of sp³-hybridized carbons (Fsp3) is 1.00. The average Bonchev–Trinajstić information content (AvgIpc) is 3.65. The molecule has 12 nitrogen and oxygen atoms in total. The zero-order chi connectivity index (χ0) is 30.5. The van der Waals surface area contributed by atoms with Gasteiger partial charge in [-0.25, -0.2) is 0 Å². The number of nitrogens with one attached hydrogen (secondary N) is 1. The number of hydrogen-bond donors (Lipinski definition) is 6. The smallest absolute Gasteiger partial charge is 0.390 e. The first-order valence-electron chi connectivity index (χ1n) is 12.2. The standard InChI is InChI=1S/C9H23NO5Si.C7H16O5Si.C2H7N.2CH4BP.4CH4/c1-10(2)7-9(11)8-15-5-4-6-16(12,13)14-3;1-10-13(8,9)4-2-3-11-5-7-6-12-7;3*1-3-2;;;;/h9,11-13H,4-8H2,1-3H3;7-9H,2-6H2,1H3;3H,1-2H3;2*3H,1H3;4*1H4. The molecule has 1 aliphatic heterocycles. The van der Waals surface area contributed by atoms with Crippen LogP contribution >= 0.6 is 16.9 Å². The maximum absolute atomic E-state index is 9.44. The van der Waals surface area contributed by atoms with Crippen molar-refractivity contribution in [2.24, 2.45) is 0 Å². The van der Waals surface area contributed by atoms with Crippen LogP contribution in [0.25, 0.3) is 0 Å². The minimum atomic E-state index is -3.43. The number of aliphatic hydroxyl groups excluding tert-OH is 1. The predicted octanol–water partition coefficient (Wildman–Crippen LogP) is 1.38. The Balaban J connectivity index is -0.0000000668. The summed E-state index contributed by atoms with van der Waals surface area (Å²) in [4.78, 5) is 38.6. The summed E-state index contributed by atoms with van der Waals surface area (Å²) in [6.07, 6.45) is 0.886. The summed E-state index contributed by atoms with van der Waals surface area (Å²) < 4.78 is 24.5. The molecule has 0 aliphatic carbocycles. The molecule has 260 valence electrons. The topological polar surface area (TPSA) is 166 Å². The molecule has 1 saturated heterocycles. The second-order valence-electron chi connectivity index (χ2n) is 8.20. The minimum Gasteiger partial charge on any atom is -0.390 e. The highest BCUT2D eigenvalue weighted by molar-refractivity contribution is 7.65. The summed E-state index contributed by atoms with van der Waals surface area (Å²) in [5.41, 5.74) is 0. The number of hydrogen-bond acceptors (Lipinski definition) is 12. The highest BCUT2D eigenvalue weighted by atomic mass is 31.1. The summed E-state index contributed by atoms with van der Waals surface area (Å²) in [6, 6.07) is 0.502. The SMILES string of the molecule is C.C.C.C.CNC.CO[Si](O)(O)CCCOCC(O)CN(C)C.CO[Si](O)(O)CCCOCC1CO1.[B]PC.[B]PC. The Labute approximate surface area is 269 Å². The molecule has 18 heteroatoms. The summed E-state index contributed by atoms with van der Waals surface area (Å²) in [7, 11) is 14.2. The first kappa shape index (κ1) is 61.9. The molecule has 42 heavy (non-hydrogen) atoms. The second kappa shape index (κ2) is 44.1. The van der Waals surface area contributed by atoms with Crippen LogP contribution < -0.4 is 5.32 Å². The van der Waals surface area contributed by atoms with E-state index in [0.717, 1.165) is 6.61 Å². The van der Waals surface area contributed by atoms with E-state index in [1.165, 1.54) is 14.2 Å². The normalized spacial score (nSPS) is 14.1. The van der Waals surface area contributed by atoms with Gasteiger partial charge in [-0.15, -0.1) is 0 Å². The van der Waals surface area contributed by atoms with Gasteiger partial charge in [0.2, 0.25) is 0 Å². The first-order valence-corrected chi connectivity index (χ1v) is 19.4. The lowest BCUT2D eigenvalue weighted by atomic mass is 10.3. The van der Waals surface area contributed by atoms with Crippen molar-refractivity contribution in [2.75, 3.05) is 95.3 Å². The molecule has 4 radical (unpaired) electrons. The number of likely N-dealkylation sites (N-methyl/N-ethyl adjacent to an activating group) is 1. The Bertz CT molecular complexity index is 469. The van der Waals surface area contributed by atoms with Crippen molar-refractivity contribution in [3.8, 4) is 0 Å². The molecular weight excluding hydrogens is 616 g/mol. The van der Waals surface area contributed by atoms with E-state index < -0.39 is 23.7 Å². The van der Waals surface area contributed by atoms with Gasteiger partial charge < -0.3 is 57.6 Å². The zero-order valence-electron chi connectivity index (χ0n) is 24.6. The molecule has 4 atom stereocenters. The minimum absolute atomic E-state index is 0. The molecule has 0 aromatic heterocycles. The van der Waals surface area contributed by atoms with Crippen molar-refractivity contribution >= 4 is 49.7 Å². The quantitative estimate of drug-likeness (QED) is 0.0599. The molecule has 1 fully saturated rings. The average molecular weight is 687 g/mol. The molecule has 0 bridgehead atoms. The summed E-state index contributed by atoms with van der Waals surface area (Å²) in [6.45, 7) is 6.99. The second-order valence-corrected chi connectivity index (χ2v) is 14.1. The molecule has 0 aromatic rings. The van der Waals surface area contributed by atoms with Crippen LogP contribution in [0.3, 0.4) is 0 Å². The van der Waals surface area contributed by atoms with E-state index in [0.29, 0.717) is 56.1 Å². The van der Waals surface area contributed by atoms with E-state index in [-0.39, 0.29) is 54.5 Å². The van der Waals surface area contributed by atoms with Crippen molar-refractivity contribution in [2.45, 2.75) is 66.8 Å². The largest absolute Gasteiger partial charge is 0.495 e. The van der Waals surface area contributed by atoms with Crippen molar-refractivity contribution in [1.29, 1.82) is 0 Å². The third-order valence-electron chi connectivity index (χ3n) is 3.83.